The van der Waals surface area contributed by atoms with Crippen molar-refractivity contribution in [1.29, 1.82) is 0 Å². The van der Waals surface area contributed by atoms with Gasteiger partial charge in [-0.05, 0) is 85.4 Å². The SMILES string of the molecule is CN1CCN(S(=O)(=O)n2ncc3c4c(ccc32)N[C@@H](c2ccc3[nH]nc(N)c3c2)[C@@H]2C3CCC(C3)[C@H]42)CC1. The van der Waals surface area contributed by atoms with Gasteiger partial charge in [0.05, 0.1) is 23.3 Å². The largest absolute Gasteiger partial charge is 0.382 e. The Labute approximate surface area is 221 Å². The molecule has 38 heavy (non-hydrogen) atoms. The molecule has 4 aromatic rings. The Hall–Kier alpha value is -3.15. The number of likely N-dealkylation sites (N-methyl/N-ethyl adjacent to an activating group) is 1. The van der Waals surface area contributed by atoms with Crippen LogP contribution in [0.5, 0.6) is 0 Å². The van der Waals surface area contributed by atoms with Crippen LogP contribution in [0.25, 0.3) is 21.8 Å². The summed E-state index contributed by atoms with van der Waals surface area (Å²) in [5.41, 5.74) is 11.3. The van der Waals surface area contributed by atoms with E-state index in [1.54, 1.807) is 10.5 Å². The molecule has 1 saturated heterocycles. The standard InChI is InChI=1S/C27H32N8O2S/c1-33-8-10-34(11-9-33)38(36,37)35-22-7-6-21-25(19(22)14-29-35)23-15-2-3-16(12-15)24(23)26(30-21)17-4-5-20-18(13-17)27(28)32-31-20/h4-7,13-16,23-24,26,30H,2-3,8-12H2,1H3,(H3,28,31,32)/t15?,16?,23-,24+,26-/m0/s1. The maximum atomic E-state index is 13.6. The average Bonchev–Trinajstić information content (AvgIpc) is 3.72. The summed E-state index contributed by atoms with van der Waals surface area (Å²) in [5, 5.41) is 17.5. The number of aromatic amines is 1. The molecule has 3 fully saturated rings. The summed E-state index contributed by atoms with van der Waals surface area (Å²) in [6, 6.07) is 10.6. The molecule has 11 heteroatoms. The van der Waals surface area contributed by atoms with Gasteiger partial charge in [0.15, 0.2) is 5.82 Å². The highest BCUT2D eigenvalue weighted by molar-refractivity contribution is 7.87. The Morgan fingerprint density at radius 3 is 2.68 bits per heavy atom. The second-order valence-corrected chi connectivity index (χ2v) is 13.4. The predicted molar refractivity (Wildman–Crippen MR) is 147 cm³/mol. The first kappa shape index (κ1) is 22.8. The van der Waals surface area contributed by atoms with Crippen molar-refractivity contribution in [3.8, 4) is 0 Å². The van der Waals surface area contributed by atoms with E-state index in [1.165, 1.54) is 34.5 Å². The highest BCUT2D eigenvalue weighted by atomic mass is 32.2. The molecule has 2 unspecified atom stereocenters. The number of fused-ring (bicyclic) bond motifs is 10. The summed E-state index contributed by atoms with van der Waals surface area (Å²) >= 11 is 0. The number of aromatic nitrogens is 4. The number of anilines is 2. The van der Waals surface area contributed by atoms with E-state index in [2.05, 4.69) is 49.8 Å². The number of benzene rings is 2. The molecule has 10 nitrogen and oxygen atoms in total. The Morgan fingerprint density at radius 2 is 1.84 bits per heavy atom. The van der Waals surface area contributed by atoms with Crippen LogP contribution in [0, 0.1) is 17.8 Å². The second kappa shape index (κ2) is 7.93. The lowest BCUT2D eigenvalue weighted by atomic mass is 9.67. The van der Waals surface area contributed by atoms with Gasteiger partial charge in [-0.3, -0.25) is 5.10 Å². The molecular formula is C27H32N8O2S. The minimum atomic E-state index is -3.73. The molecule has 2 aromatic heterocycles. The lowest BCUT2D eigenvalue weighted by Gasteiger charge is -2.43. The van der Waals surface area contributed by atoms with Gasteiger partial charge in [0.2, 0.25) is 0 Å². The molecule has 4 N–H and O–H groups in total. The van der Waals surface area contributed by atoms with Crippen molar-refractivity contribution < 1.29 is 8.42 Å². The van der Waals surface area contributed by atoms with E-state index in [1.807, 2.05) is 13.1 Å². The summed E-state index contributed by atoms with van der Waals surface area (Å²) in [6.45, 7) is 2.41. The second-order valence-electron chi connectivity index (χ2n) is 11.6. The molecule has 0 spiro atoms. The lowest BCUT2D eigenvalue weighted by Crippen LogP contribution is -2.48. The van der Waals surface area contributed by atoms with E-state index in [0.717, 1.165) is 35.1 Å². The van der Waals surface area contributed by atoms with Crippen molar-refractivity contribution in [1.82, 2.24) is 28.6 Å². The Morgan fingerprint density at radius 1 is 1.03 bits per heavy atom. The van der Waals surface area contributed by atoms with Crippen LogP contribution in [0.3, 0.4) is 0 Å². The first-order chi connectivity index (χ1) is 18.4. The zero-order chi connectivity index (χ0) is 25.8. The number of nitrogen functional groups attached to an aromatic ring is 1. The Bertz CT molecular complexity index is 1690. The van der Waals surface area contributed by atoms with Gasteiger partial charge in [-0.25, -0.2) is 0 Å². The highest BCUT2D eigenvalue weighted by Crippen LogP contribution is 2.64. The molecule has 0 radical (unpaired) electrons. The van der Waals surface area contributed by atoms with E-state index < -0.39 is 10.2 Å². The minimum absolute atomic E-state index is 0.170. The van der Waals surface area contributed by atoms with Gasteiger partial charge in [0.1, 0.15) is 0 Å². The normalized spacial score (nSPS) is 29.6. The van der Waals surface area contributed by atoms with E-state index in [4.69, 9.17) is 5.73 Å². The molecule has 2 saturated carbocycles. The summed E-state index contributed by atoms with van der Waals surface area (Å²) in [5.74, 6) is 2.60. The number of nitrogens with one attached hydrogen (secondary N) is 2. The molecular weight excluding hydrogens is 500 g/mol. The summed E-state index contributed by atoms with van der Waals surface area (Å²) in [4.78, 5) is 2.15. The first-order valence-corrected chi connectivity index (χ1v) is 15.0. The maximum Gasteiger partial charge on any atom is 0.323 e. The van der Waals surface area contributed by atoms with Crippen molar-refractivity contribution >= 4 is 43.5 Å². The fraction of sp³-hybridized carbons (Fsp3) is 0.481. The topological polar surface area (TPSA) is 125 Å². The lowest BCUT2D eigenvalue weighted by molar-refractivity contribution is 0.221. The van der Waals surface area contributed by atoms with Crippen molar-refractivity contribution in [2.45, 2.75) is 31.2 Å². The predicted octanol–water partition coefficient (Wildman–Crippen LogP) is 3.13. The molecule has 2 bridgehead atoms. The zero-order valence-corrected chi connectivity index (χ0v) is 22.2. The van der Waals surface area contributed by atoms with Crippen molar-refractivity contribution in [3.05, 3.63) is 47.7 Å². The van der Waals surface area contributed by atoms with E-state index >= 15 is 0 Å². The van der Waals surface area contributed by atoms with Gasteiger partial charge in [-0.1, -0.05) is 6.07 Å². The minimum Gasteiger partial charge on any atom is -0.382 e. The molecule has 5 atom stereocenters. The van der Waals surface area contributed by atoms with E-state index in [0.29, 0.717) is 48.1 Å². The van der Waals surface area contributed by atoms with Gasteiger partial charge in [0.25, 0.3) is 0 Å². The quantitative estimate of drug-likeness (QED) is 0.370. The van der Waals surface area contributed by atoms with Crippen LogP contribution in [0.15, 0.2) is 36.5 Å². The van der Waals surface area contributed by atoms with Gasteiger partial charge >= 0.3 is 10.2 Å². The Balaban J connectivity index is 1.24. The van der Waals surface area contributed by atoms with Crippen molar-refractivity contribution in [2.24, 2.45) is 17.8 Å². The fourth-order valence-electron chi connectivity index (χ4n) is 7.96. The van der Waals surface area contributed by atoms with Crippen LogP contribution in [-0.4, -0.2) is 70.2 Å². The molecule has 0 amide bonds. The molecule has 198 valence electrons. The number of hydrogen-bond donors (Lipinski definition) is 3. The summed E-state index contributed by atoms with van der Waals surface area (Å²) in [7, 11) is -1.71. The number of nitrogens with zero attached hydrogens (tertiary/aromatic N) is 5. The van der Waals surface area contributed by atoms with Crippen molar-refractivity contribution in [3.63, 3.8) is 0 Å². The third-order valence-electron chi connectivity index (χ3n) is 9.75. The van der Waals surface area contributed by atoms with Crippen LogP contribution < -0.4 is 11.1 Å². The van der Waals surface area contributed by atoms with E-state index in [-0.39, 0.29) is 6.04 Å². The van der Waals surface area contributed by atoms with E-state index in [9.17, 15) is 8.42 Å². The average molecular weight is 533 g/mol. The molecule has 8 rings (SSSR count). The van der Waals surface area contributed by atoms with Crippen LogP contribution in [0.1, 0.15) is 42.3 Å². The number of H-pyrrole nitrogens is 1. The first-order valence-electron chi connectivity index (χ1n) is 13.6. The fourth-order valence-corrected chi connectivity index (χ4v) is 9.37. The maximum absolute atomic E-state index is 13.6. The third-order valence-corrected chi connectivity index (χ3v) is 11.5. The molecule has 2 aliphatic carbocycles. The van der Waals surface area contributed by atoms with Gasteiger partial charge in [-0.15, -0.1) is 4.09 Å². The molecule has 4 heterocycles. The third kappa shape index (κ3) is 3.09. The summed E-state index contributed by atoms with van der Waals surface area (Å²) in [6.07, 6.45) is 5.50. The van der Waals surface area contributed by atoms with Crippen LogP contribution in [0.4, 0.5) is 11.5 Å². The van der Waals surface area contributed by atoms with Crippen LogP contribution in [-0.2, 0) is 10.2 Å². The van der Waals surface area contributed by atoms with Crippen LogP contribution >= 0.6 is 0 Å². The molecule has 4 aliphatic rings. The monoisotopic (exact) mass is 532 g/mol. The highest BCUT2D eigenvalue weighted by Gasteiger charge is 2.54. The Kier molecular flexibility index (Phi) is 4.76. The van der Waals surface area contributed by atoms with Crippen molar-refractivity contribution in [2.75, 3.05) is 44.3 Å². The number of rotatable bonds is 3. The van der Waals surface area contributed by atoms with Gasteiger partial charge < -0.3 is 16.0 Å². The number of piperazine rings is 1. The van der Waals surface area contributed by atoms with Gasteiger partial charge in [-0.2, -0.15) is 22.9 Å². The van der Waals surface area contributed by atoms with Crippen LogP contribution in [0.2, 0.25) is 0 Å². The molecule has 2 aliphatic heterocycles. The molecule has 2 aromatic carbocycles. The number of hydrogen-bond acceptors (Lipinski definition) is 7. The smallest absolute Gasteiger partial charge is 0.323 e. The zero-order valence-electron chi connectivity index (χ0n) is 21.3. The summed E-state index contributed by atoms with van der Waals surface area (Å²) < 4.78 is 30.1. The number of nitrogens with two attached hydrogens (primary N) is 1. The van der Waals surface area contributed by atoms with Gasteiger partial charge in [0, 0.05) is 42.6 Å².